The molecule has 0 aliphatic heterocycles. The summed E-state index contributed by atoms with van der Waals surface area (Å²) in [7, 11) is 0. The highest BCUT2D eigenvalue weighted by Gasteiger charge is 2.28. The van der Waals surface area contributed by atoms with Gasteiger partial charge in [-0.05, 0) is 30.7 Å². The number of rotatable bonds is 4. The fourth-order valence-electron chi connectivity index (χ4n) is 1.97. The van der Waals surface area contributed by atoms with Crippen molar-refractivity contribution in [2.24, 2.45) is 0 Å². The van der Waals surface area contributed by atoms with E-state index in [9.17, 15) is 18.7 Å². The Morgan fingerprint density at radius 2 is 1.81 bits per heavy atom. The minimum absolute atomic E-state index is 0.00972. The highest BCUT2D eigenvalue weighted by Crippen LogP contribution is 2.21. The molecule has 0 heterocycles. The van der Waals surface area contributed by atoms with Gasteiger partial charge in [-0.3, -0.25) is 4.79 Å². The van der Waals surface area contributed by atoms with Crippen LogP contribution in [0.2, 0.25) is 0 Å². The van der Waals surface area contributed by atoms with Crippen molar-refractivity contribution in [2.75, 3.05) is 6.61 Å². The van der Waals surface area contributed by atoms with Gasteiger partial charge in [0.25, 0.3) is 5.91 Å². The van der Waals surface area contributed by atoms with Gasteiger partial charge in [0, 0.05) is 5.56 Å². The lowest BCUT2D eigenvalue weighted by atomic mass is 9.92. The molecule has 0 saturated heterocycles. The highest BCUT2D eigenvalue weighted by molar-refractivity contribution is 5.94. The molecule has 2 rings (SSSR count). The maximum absolute atomic E-state index is 13.2. The molecule has 2 N–H and O–H groups in total. The Bertz CT molecular complexity index is 646. The van der Waals surface area contributed by atoms with Crippen LogP contribution in [0.15, 0.2) is 48.5 Å². The largest absolute Gasteiger partial charge is 0.394 e. The van der Waals surface area contributed by atoms with E-state index in [0.29, 0.717) is 5.56 Å². The molecule has 110 valence electrons. The molecular weight excluding hydrogens is 276 g/mol. The molecule has 0 fully saturated rings. The zero-order chi connectivity index (χ0) is 15.5. The molecule has 1 amide bonds. The molecule has 0 aliphatic rings. The average molecular weight is 291 g/mol. The molecular formula is C16H15F2NO2. The molecule has 1 unspecified atom stereocenters. The van der Waals surface area contributed by atoms with Crippen LogP contribution >= 0.6 is 0 Å². The van der Waals surface area contributed by atoms with Crippen LogP contribution in [0.5, 0.6) is 0 Å². The van der Waals surface area contributed by atoms with Gasteiger partial charge in [-0.25, -0.2) is 8.78 Å². The van der Waals surface area contributed by atoms with Gasteiger partial charge < -0.3 is 10.4 Å². The van der Waals surface area contributed by atoms with Crippen LogP contribution in [0.25, 0.3) is 0 Å². The first-order chi connectivity index (χ1) is 9.96. The molecule has 0 aromatic heterocycles. The summed E-state index contributed by atoms with van der Waals surface area (Å²) >= 11 is 0. The molecule has 1 atom stereocenters. The Hall–Kier alpha value is -2.27. The Balaban J connectivity index is 2.26. The van der Waals surface area contributed by atoms with Gasteiger partial charge in [0.1, 0.15) is 0 Å². The van der Waals surface area contributed by atoms with Gasteiger partial charge >= 0.3 is 0 Å². The van der Waals surface area contributed by atoms with Crippen LogP contribution in [0, 0.1) is 11.6 Å². The van der Waals surface area contributed by atoms with Gasteiger partial charge in [-0.15, -0.1) is 0 Å². The van der Waals surface area contributed by atoms with Crippen molar-refractivity contribution in [1.82, 2.24) is 5.32 Å². The molecule has 3 nitrogen and oxygen atoms in total. The van der Waals surface area contributed by atoms with Crippen LogP contribution in [-0.4, -0.2) is 17.6 Å². The lowest BCUT2D eigenvalue weighted by Gasteiger charge is -2.29. The van der Waals surface area contributed by atoms with E-state index in [1.54, 1.807) is 31.2 Å². The average Bonchev–Trinajstić information content (AvgIpc) is 2.50. The fraction of sp³-hybridized carbons (Fsp3) is 0.188. The minimum Gasteiger partial charge on any atom is -0.394 e. The minimum atomic E-state index is -1.09. The summed E-state index contributed by atoms with van der Waals surface area (Å²) in [6.45, 7) is 1.33. The molecule has 0 spiro atoms. The van der Waals surface area contributed by atoms with Crippen LogP contribution in [-0.2, 0) is 5.54 Å². The Morgan fingerprint density at radius 1 is 1.14 bits per heavy atom. The van der Waals surface area contributed by atoms with E-state index in [1.165, 1.54) is 6.07 Å². The predicted molar refractivity (Wildman–Crippen MR) is 74.7 cm³/mol. The summed E-state index contributed by atoms with van der Waals surface area (Å²) in [4.78, 5) is 12.1. The Labute approximate surface area is 121 Å². The number of aliphatic hydroxyl groups is 1. The second-order valence-corrected chi connectivity index (χ2v) is 4.94. The van der Waals surface area contributed by atoms with E-state index in [4.69, 9.17) is 0 Å². The van der Waals surface area contributed by atoms with E-state index >= 15 is 0 Å². The number of aliphatic hydroxyl groups excluding tert-OH is 1. The number of hydrogen-bond donors (Lipinski definition) is 2. The van der Waals surface area contributed by atoms with E-state index in [-0.39, 0.29) is 12.2 Å². The van der Waals surface area contributed by atoms with Crippen molar-refractivity contribution < 1.29 is 18.7 Å². The second kappa shape index (κ2) is 6.01. The summed E-state index contributed by atoms with van der Waals surface area (Å²) < 4.78 is 26.1. The quantitative estimate of drug-likeness (QED) is 0.909. The monoisotopic (exact) mass is 291 g/mol. The zero-order valence-electron chi connectivity index (χ0n) is 11.4. The molecule has 5 heteroatoms. The molecule has 0 aliphatic carbocycles. The highest BCUT2D eigenvalue weighted by atomic mass is 19.2. The summed E-state index contributed by atoms with van der Waals surface area (Å²) in [6.07, 6.45) is 0. The topological polar surface area (TPSA) is 49.3 Å². The normalized spacial score (nSPS) is 13.5. The fourth-order valence-corrected chi connectivity index (χ4v) is 1.97. The summed E-state index contributed by atoms with van der Waals surface area (Å²) in [6, 6.07) is 11.8. The first kappa shape index (κ1) is 15.1. The third-order valence-corrected chi connectivity index (χ3v) is 3.30. The Morgan fingerprint density at radius 3 is 2.38 bits per heavy atom. The van der Waals surface area contributed by atoms with Crippen LogP contribution < -0.4 is 5.32 Å². The summed E-state index contributed by atoms with van der Waals surface area (Å²) in [5.41, 5.74) is -0.309. The van der Waals surface area contributed by atoms with Crippen LogP contribution in [0.3, 0.4) is 0 Å². The van der Waals surface area contributed by atoms with Crippen LogP contribution in [0.1, 0.15) is 22.8 Å². The third kappa shape index (κ3) is 3.25. The lowest BCUT2D eigenvalue weighted by molar-refractivity contribution is 0.0849. The van der Waals surface area contributed by atoms with Crippen molar-refractivity contribution in [3.63, 3.8) is 0 Å². The van der Waals surface area contributed by atoms with Crippen molar-refractivity contribution >= 4 is 5.91 Å². The SMILES string of the molecule is CC(CO)(NC(=O)c1ccc(F)c(F)c1)c1ccccc1. The van der Waals surface area contributed by atoms with E-state index in [0.717, 1.165) is 12.1 Å². The summed E-state index contributed by atoms with van der Waals surface area (Å²) in [5, 5.41) is 12.2. The first-order valence-electron chi connectivity index (χ1n) is 6.40. The van der Waals surface area contributed by atoms with Crippen LogP contribution in [0.4, 0.5) is 8.78 Å². The van der Waals surface area contributed by atoms with Gasteiger partial charge in [-0.2, -0.15) is 0 Å². The number of benzene rings is 2. The molecule has 21 heavy (non-hydrogen) atoms. The van der Waals surface area contributed by atoms with Gasteiger partial charge in [0.15, 0.2) is 11.6 Å². The number of nitrogens with one attached hydrogen (secondary N) is 1. The van der Waals surface area contributed by atoms with Crippen molar-refractivity contribution in [2.45, 2.75) is 12.5 Å². The zero-order valence-corrected chi connectivity index (χ0v) is 11.4. The molecule has 0 saturated carbocycles. The third-order valence-electron chi connectivity index (χ3n) is 3.30. The number of hydrogen-bond acceptors (Lipinski definition) is 2. The maximum atomic E-state index is 13.2. The number of halogens is 2. The number of carbonyl (C=O) groups excluding carboxylic acids is 1. The standard InChI is InChI=1S/C16H15F2NO2/c1-16(10-20,12-5-3-2-4-6-12)19-15(21)11-7-8-13(17)14(18)9-11/h2-9,20H,10H2,1H3,(H,19,21). The molecule has 2 aromatic rings. The predicted octanol–water partition coefficient (Wildman–Crippen LogP) is 2.60. The molecule has 0 bridgehead atoms. The van der Waals surface area contributed by atoms with Crippen molar-refractivity contribution in [1.29, 1.82) is 0 Å². The Kier molecular flexibility index (Phi) is 4.33. The van der Waals surface area contributed by atoms with E-state index in [2.05, 4.69) is 5.32 Å². The number of carbonyl (C=O) groups is 1. The van der Waals surface area contributed by atoms with Crippen molar-refractivity contribution in [3.05, 3.63) is 71.3 Å². The van der Waals surface area contributed by atoms with E-state index < -0.39 is 23.1 Å². The van der Waals surface area contributed by atoms with Gasteiger partial charge in [0.2, 0.25) is 0 Å². The van der Waals surface area contributed by atoms with Crippen molar-refractivity contribution in [3.8, 4) is 0 Å². The summed E-state index contributed by atoms with van der Waals surface area (Å²) in [5.74, 6) is -2.69. The maximum Gasteiger partial charge on any atom is 0.252 e. The first-order valence-corrected chi connectivity index (χ1v) is 6.40. The molecule has 0 radical (unpaired) electrons. The van der Waals surface area contributed by atoms with E-state index in [1.807, 2.05) is 6.07 Å². The number of amides is 1. The van der Waals surface area contributed by atoms with Gasteiger partial charge in [0.05, 0.1) is 12.1 Å². The second-order valence-electron chi connectivity index (χ2n) is 4.94. The molecule has 2 aromatic carbocycles. The van der Waals surface area contributed by atoms with Gasteiger partial charge in [-0.1, -0.05) is 30.3 Å². The lowest BCUT2D eigenvalue weighted by Crippen LogP contribution is -2.46. The smallest absolute Gasteiger partial charge is 0.252 e.